The zero-order chi connectivity index (χ0) is 23.9. The first-order valence-corrected chi connectivity index (χ1v) is 13.0. The van der Waals surface area contributed by atoms with Crippen molar-refractivity contribution in [3.8, 4) is 22.3 Å². The number of anilines is 2. The van der Waals surface area contributed by atoms with Gasteiger partial charge in [-0.2, -0.15) is 0 Å². The zero-order valence-corrected chi connectivity index (χ0v) is 20.4. The van der Waals surface area contributed by atoms with Crippen LogP contribution in [0.3, 0.4) is 0 Å². The van der Waals surface area contributed by atoms with E-state index in [9.17, 15) is 0 Å². The Balaban J connectivity index is 1.23. The Kier molecular flexibility index (Phi) is 5.04. The summed E-state index contributed by atoms with van der Waals surface area (Å²) < 4.78 is 2.62. The van der Waals surface area contributed by atoms with Crippen LogP contribution in [0.1, 0.15) is 0 Å². The molecule has 0 saturated carbocycles. The maximum absolute atomic E-state index is 3.66. The molecule has 36 heavy (non-hydrogen) atoms. The molecular formula is C34H23NS. The predicted octanol–water partition coefficient (Wildman–Crippen LogP) is 10.3. The second kappa shape index (κ2) is 8.67. The van der Waals surface area contributed by atoms with Crippen molar-refractivity contribution in [2.75, 3.05) is 5.32 Å². The maximum Gasteiger partial charge on any atom is 0.0590 e. The molecule has 0 unspecified atom stereocenters. The normalized spacial score (nSPS) is 11.3. The van der Waals surface area contributed by atoms with E-state index in [4.69, 9.17) is 0 Å². The van der Waals surface area contributed by atoms with E-state index in [1.54, 1.807) is 0 Å². The number of benzene rings is 6. The van der Waals surface area contributed by atoms with Gasteiger partial charge in [0.25, 0.3) is 0 Å². The highest BCUT2D eigenvalue weighted by Crippen LogP contribution is 2.39. The molecule has 7 aromatic rings. The molecule has 0 atom stereocenters. The van der Waals surface area contributed by atoms with E-state index in [0.29, 0.717) is 0 Å². The van der Waals surface area contributed by atoms with Crippen LogP contribution >= 0.6 is 11.3 Å². The van der Waals surface area contributed by atoms with Crippen LogP contribution in [0.4, 0.5) is 11.4 Å². The number of rotatable bonds is 4. The minimum Gasteiger partial charge on any atom is -0.354 e. The van der Waals surface area contributed by atoms with Crippen molar-refractivity contribution in [2.45, 2.75) is 0 Å². The van der Waals surface area contributed by atoms with Gasteiger partial charge in [-0.1, -0.05) is 103 Å². The van der Waals surface area contributed by atoms with Crippen LogP contribution in [0.15, 0.2) is 133 Å². The van der Waals surface area contributed by atoms with Crippen molar-refractivity contribution in [2.24, 2.45) is 0 Å². The van der Waals surface area contributed by atoms with Crippen LogP contribution < -0.4 is 5.32 Å². The first-order valence-electron chi connectivity index (χ1n) is 12.2. The number of nitrogens with one attached hydrogen (secondary N) is 1. The van der Waals surface area contributed by atoms with Gasteiger partial charge in [0, 0.05) is 21.2 Å². The Hall–Kier alpha value is -4.40. The van der Waals surface area contributed by atoms with Crippen molar-refractivity contribution in [1.29, 1.82) is 0 Å². The molecule has 1 N–H and O–H groups in total. The van der Waals surface area contributed by atoms with E-state index in [0.717, 1.165) is 11.4 Å². The van der Waals surface area contributed by atoms with Crippen molar-refractivity contribution < 1.29 is 0 Å². The Labute approximate surface area is 214 Å². The van der Waals surface area contributed by atoms with Crippen molar-refractivity contribution in [3.05, 3.63) is 133 Å². The van der Waals surface area contributed by atoms with Crippen LogP contribution in [0.5, 0.6) is 0 Å². The highest BCUT2D eigenvalue weighted by atomic mass is 32.1. The molecule has 6 aromatic carbocycles. The summed E-state index contributed by atoms with van der Waals surface area (Å²) in [5, 5.41) is 8.82. The lowest BCUT2D eigenvalue weighted by atomic mass is 9.95. The fraction of sp³-hybridized carbons (Fsp3) is 0. The van der Waals surface area contributed by atoms with Crippen LogP contribution in [0.2, 0.25) is 0 Å². The first kappa shape index (κ1) is 20.9. The average molecular weight is 478 g/mol. The molecule has 0 saturated heterocycles. The van der Waals surface area contributed by atoms with Gasteiger partial charge >= 0.3 is 0 Å². The van der Waals surface area contributed by atoms with Gasteiger partial charge in [0.15, 0.2) is 0 Å². The Morgan fingerprint density at radius 2 is 1.22 bits per heavy atom. The van der Waals surface area contributed by atoms with Gasteiger partial charge in [-0.25, -0.2) is 0 Å². The number of hydrogen-bond donors (Lipinski definition) is 1. The fourth-order valence-electron chi connectivity index (χ4n) is 5.07. The molecule has 0 radical (unpaired) electrons. The van der Waals surface area contributed by atoms with E-state index in [2.05, 4.69) is 139 Å². The molecule has 0 spiro atoms. The maximum atomic E-state index is 3.66. The second-order valence-corrected chi connectivity index (χ2v) is 10.1. The minimum atomic E-state index is 1.09. The van der Waals surface area contributed by atoms with Crippen LogP contribution in [-0.2, 0) is 0 Å². The van der Waals surface area contributed by atoms with Crippen molar-refractivity contribution >= 4 is 53.7 Å². The minimum absolute atomic E-state index is 1.09. The smallest absolute Gasteiger partial charge is 0.0590 e. The molecule has 1 nitrogen and oxygen atoms in total. The van der Waals surface area contributed by atoms with E-state index in [1.165, 1.54) is 53.2 Å². The molecular weight excluding hydrogens is 454 g/mol. The molecule has 0 bridgehead atoms. The van der Waals surface area contributed by atoms with Gasteiger partial charge in [-0.05, 0) is 63.4 Å². The lowest BCUT2D eigenvalue weighted by molar-refractivity contribution is 1.57. The SMILES string of the molecule is c1ccc(-c2cccc3ccc(-c4ccc(Nc5cccc6c5sc5ccccc56)cc4)cc23)cc1. The lowest BCUT2D eigenvalue weighted by Crippen LogP contribution is -1.90. The van der Waals surface area contributed by atoms with Crippen molar-refractivity contribution in [3.63, 3.8) is 0 Å². The molecule has 170 valence electrons. The summed E-state index contributed by atoms with van der Waals surface area (Å²) >= 11 is 1.85. The van der Waals surface area contributed by atoms with E-state index in [1.807, 2.05) is 11.3 Å². The summed E-state index contributed by atoms with van der Waals surface area (Å²) in [4.78, 5) is 0. The van der Waals surface area contributed by atoms with Gasteiger partial charge in [0.05, 0.1) is 10.4 Å². The summed E-state index contributed by atoms with van der Waals surface area (Å²) in [6, 6.07) is 47.8. The third-order valence-corrected chi connectivity index (χ3v) is 8.09. The Morgan fingerprint density at radius 1 is 0.472 bits per heavy atom. The predicted molar refractivity (Wildman–Crippen MR) is 157 cm³/mol. The molecule has 2 heteroatoms. The van der Waals surface area contributed by atoms with E-state index < -0.39 is 0 Å². The number of fused-ring (bicyclic) bond motifs is 4. The average Bonchev–Trinajstić information content (AvgIpc) is 3.33. The van der Waals surface area contributed by atoms with Gasteiger partial charge in [0.2, 0.25) is 0 Å². The Morgan fingerprint density at radius 3 is 2.11 bits per heavy atom. The molecule has 0 fully saturated rings. The van der Waals surface area contributed by atoms with Gasteiger partial charge in [-0.3, -0.25) is 0 Å². The fourth-order valence-corrected chi connectivity index (χ4v) is 6.24. The van der Waals surface area contributed by atoms with E-state index >= 15 is 0 Å². The van der Waals surface area contributed by atoms with Gasteiger partial charge < -0.3 is 5.32 Å². The van der Waals surface area contributed by atoms with Crippen LogP contribution in [-0.4, -0.2) is 0 Å². The van der Waals surface area contributed by atoms with Gasteiger partial charge in [-0.15, -0.1) is 11.3 Å². The highest BCUT2D eigenvalue weighted by Gasteiger charge is 2.09. The van der Waals surface area contributed by atoms with Gasteiger partial charge in [0.1, 0.15) is 0 Å². The topological polar surface area (TPSA) is 12.0 Å². The molecule has 0 amide bonds. The molecule has 0 aliphatic carbocycles. The molecule has 1 heterocycles. The molecule has 1 aromatic heterocycles. The quantitative estimate of drug-likeness (QED) is 0.266. The zero-order valence-electron chi connectivity index (χ0n) is 19.6. The summed E-state index contributed by atoms with van der Waals surface area (Å²) in [6.45, 7) is 0. The third-order valence-electron chi connectivity index (χ3n) is 6.87. The standard InChI is InChI=1S/C34H23NS/c1-2-8-24(9-3-1)28-12-6-10-25-16-17-26(22-31(25)28)23-18-20-27(21-19-23)35-32-14-7-13-30-29-11-4-5-15-33(29)36-34(30)32/h1-22,35H. The molecule has 7 rings (SSSR count). The van der Waals surface area contributed by atoms with Crippen LogP contribution in [0.25, 0.3) is 53.2 Å². The summed E-state index contributed by atoms with van der Waals surface area (Å²) in [5.74, 6) is 0. The third kappa shape index (κ3) is 3.64. The lowest BCUT2D eigenvalue weighted by Gasteiger charge is -2.11. The van der Waals surface area contributed by atoms with Crippen molar-refractivity contribution in [1.82, 2.24) is 0 Å². The molecule has 0 aliphatic rings. The number of thiophene rings is 1. The summed E-state index contributed by atoms with van der Waals surface area (Å²) in [6.07, 6.45) is 0. The summed E-state index contributed by atoms with van der Waals surface area (Å²) in [5.41, 5.74) is 7.20. The summed E-state index contributed by atoms with van der Waals surface area (Å²) in [7, 11) is 0. The second-order valence-electron chi connectivity index (χ2n) is 9.09. The Bertz CT molecular complexity index is 1850. The largest absolute Gasteiger partial charge is 0.354 e. The first-order chi connectivity index (χ1) is 17.8. The van der Waals surface area contributed by atoms with E-state index in [-0.39, 0.29) is 0 Å². The molecule has 0 aliphatic heterocycles. The number of hydrogen-bond acceptors (Lipinski definition) is 2. The monoisotopic (exact) mass is 477 g/mol. The highest BCUT2D eigenvalue weighted by molar-refractivity contribution is 7.26. The van der Waals surface area contributed by atoms with Crippen LogP contribution in [0, 0.1) is 0 Å².